The molecule has 3 aromatic carbocycles. The Hall–Kier alpha value is -3.46. The zero-order valence-electron chi connectivity index (χ0n) is 24.4. The standard InChI is InChI=1S/C33H39ClFN3O4/c1-22-17-25(19-27(35)18-22)30-28(8-4-9-29(30)34)33(41,14-6-15-37-32(40)42-3)26-7-5-16-38(21-26)31(39)24-12-10-23(11-13-24)20-36-2/h4,8-13,17-19,26,36,41H,5-7,14-16,20-21H2,1-3H3,(H,37,40)/t26-,33+/m1/s1. The summed E-state index contributed by atoms with van der Waals surface area (Å²) in [4.78, 5) is 27.0. The van der Waals surface area contributed by atoms with E-state index in [1.807, 2.05) is 50.4 Å². The molecule has 0 spiro atoms. The number of likely N-dealkylation sites (tertiary alicyclic amines) is 1. The van der Waals surface area contributed by atoms with Gasteiger partial charge >= 0.3 is 6.09 Å². The number of ether oxygens (including phenoxy) is 1. The molecule has 9 heteroatoms. The fraction of sp³-hybridized carbons (Fsp3) is 0.394. The quantitative estimate of drug-likeness (QED) is 0.248. The zero-order valence-corrected chi connectivity index (χ0v) is 25.1. The van der Waals surface area contributed by atoms with Gasteiger partial charge in [0, 0.05) is 48.2 Å². The molecule has 2 atom stereocenters. The normalized spacial score (nSPS) is 16.5. The smallest absolute Gasteiger partial charge is 0.406 e. The molecule has 0 unspecified atom stereocenters. The van der Waals surface area contributed by atoms with Crippen LogP contribution in [0.3, 0.4) is 0 Å². The van der Waals surface area contributed by atoms with E-state index < -0.39 is 17.5 Å². The summed E-state index contributed by atoms with van der Waals surface area (Å²) >= 11 is 6.75. The lowest BCUT2D eigenvalue weighted by Gasteiger charge is -2.44. The first-order chi connectivity index (χ1) is 20.2. The van der Waals surface area contributed by atoms with E-state index in [4.69, 9.17) is 11.6 Å². The molecule has 1 saturated heterocycles. The Balaban J connectivity index is 1.70. The molecule has 0 aromatic heterocycles. The Kier molecular flexibility index (Phi) is 10.6. The van der Waals surface area contributed by atoms with Gasteiger partial charge in [-0.3, -0.25) is 4.79 Å². The van der Waals surface area contributed by atoms with Gasteiger partial charge in [-0.25, -0.2) is 9.18 Å². The van der Waals surface area contributed by atoms with Gasteiger partial charge in [0.2, 0.25) is 0 Å². The van der Waals surface area contributed by atoms with Crippen molar-refractivity contribution in [1.29, 1.82) is 0 Å². The van der Waals surface area contributed by atoms with Gasteiger partial charge in [-0.05, 0) is 92.2 Å². The molecule has 0 radical (unpaired) electrons. The number of carbonyl (C=O) groups excluding carboxylic acids is 2. The Bertz CT molecular complexity index is 1380. The van der Waals surface area contributed by atoms with Crippen molar-refractivity contribution in [2.45, 2.75) is 44.8 Å². The summed E-state index contributed by atoms with van der Waals surface area (Å²) in [5, 5.41) is 18.8. The molecule has 1 aliphatic rings. The lowest BCUT2D eigenvalue weighted by Crippen LogP contribution is -2.48. The van der Waals surface area contributed by atoms with Gasteiger partial charge in [-0.15, -0.1) is 0 Å². The second kappa shape index (κ2) is 14.1. The number of hydrogen-bond donors (Lipinski definition) is 3. The first-order valence-electron chi connectivity index (χ1n) is 14.3. The van der Waals surface area contributed by atoms with E-state index in [0.717, 1.165) is 11.1 Å². The molecule has 1 aliphatic heterocycles. The first kappa shape index (κ1) is 31.5. The fourth-order valence-corrected chi connectivity index (χ4v) is 6.23. The second-order valence-electron chi connectivity index (χ2n) is 10.9. The third kappa shape index (κ3) is 7.30. The molecule has 0 saturated carbocycles. The number of aliphatic hydroxyl groups is 1. The number of aryl methyl sites for hydroxylation is 1. The van der Waals surface area contributed by atoms with Gasteiger partial charge in [0.05, 0.1) is 12.7 Å². The Morgan fingerprint density at radius 1 is 1.17 bits per heavy atom. The van der Waals surface area contributed by atoms with E-state index >= 15 is 0 Å². The van der Waals surface area contributed by atoms with Gasteiger partial charge in [0.25, 0.3) is 5.91 Å². The SMILES string of the molecule is CNCc1ccc(C(=O)N2CCC[C@@H]([C@@](O)(CCCNC(=O)OC)c3cccc(Cl)c3-c3cc(C)cc(F)c3)C2)cc1. The number of nitrogens with zero attached hydrogens (tertiary/aromatic N) is 1. The van der Waals surface area contributed by atoms with Crippen molar-refractivity contribution in [3.05, 3.63) is 93.8 Å². The van der Waals surface area contributed by atoms with Crippen LogP contribution in [0.5, 0.6) is 0 Å². The minimum Gasteiger partial charge on any atom is -0.453 e. The van der Waals surface area contributed by atoms with E-state index in [-0.39, 0.29) is 24.8 Å². The van der Waals surface area contributed by atoms with Crippen molar-refractivity contribution < 1.29 is 23.8 Å². The van der Waals surface area contributed by atoms with Crippen molar-refractivity contribution >= 4 is 23.6 Å². The molecular weight excluding hydrogens is 557 g/mol. The van der Waals surface area contributed by atoms with Crippen molar-refractivity contribution in [2.24, 2.45) is 5.92 Å². The van der Waals surface area contributed by atoms with E-state index in [1.165, 1.54) is 19.2 Å². The summed E-state index contributed by atoms with van der Waals surface area (Å²) < 4.78 is 19.2. The van der Waals surface area contributed by atoms with Crippen LogP contribution in [0.25, 0.3) is 11.1 Å². The molecule has 0 bridgehead atoms. The molecular formula is C33H39ClFN3O4. The number of rotatable bonds is 10. The van der Waals surface area contributed by atoms with Gasteiger partial charge in [-0.2, -0.15) is 0 Å². The molecule has 42 heavy (non-hydrogen) atoms. The molecule has 7 nitrogen and oxygen atoms in total. The number of amides is 2. The third-order valence-electron chi connectivity index (χ3n) is 7.97. The molecule has 2 amide bonds. The number of methoxy groups -OCH3 is 1. The average molecular weight is 596 g/mol. The van der Waals surface area contributed by atoms with Crippen LogP contribution in [0.2, 0.25) is 5.02 Å². The highest BCUT2D eigenvalue weighted by atomic mass is 35.5. The number of halogens is 2. The molecule has 224 valence electrons. The van der Waals surface area contributed by atoms with Gasteiger partial charge < -0.3 is 25.4 Å². The van der Waals surface area contributed by atoms with Gasteiger partial charge in [0.1, 0.15) is 5.82 Å². The van der Waals surface area contributed by atoms with Crippen LogP contribution < -0.4 is 10.6 Å². The van der Waals surface area contributed by atoms with E-state index in [2.05, 4.69) is 15.4 Å². The monoisotopic (exact) mass is 595 g/mol. The van der Waals surface area contributed by atoms with Crippen LogP contribution in [-0.4, -0.2) is 55.8 Å². The minimum absolute atomic E-state index is 0.0857. The molecule has 0 aliphatic carbocycles. The third-order valence-corrected chi connectivity index (χ3v) is 8.28. The first-order valence-corrected chi connectivity index (χ1v) is 14.7. The predicted molar refractivity (Wildman–Crippen MR) is 163 cm³/mol. The maximum absolute atomic E-state index is 14.5. The summed E-state index contributed by atoms with van der Waals surface area (Å²) in [7, 11) is 3.17. The molecule has 1 heterocycles. The highest BCUT2D eigenvalue weighted by Gasteiger charge is 2.43. The van der Waals surface area contributed by atoms with Crippen LogP contribution in [0, 0.1) is 18.7 Å². The zero-order chi connectivity index (χ0) is 30.3. The summed E-state index contributed by atoms with van der Waals surface area (Å²) in [6, 6.07) is 17.6. The van der Waals surface area contributed by atoms with Crippen molar-refractivity contribution in [3.63, 3.8) is 0 Å². The number of alkyl carbamates (subject to hydrolysis) is 1. The molecule has 4 rings (SSSR count). The number of nitrogens with one attached hydrogen (secondary N) is 2. The Morgan fingerprint density at radius 3 is 2.62 bits per heavy atom. The number of piperidine rings is 1. The highest BCUT2D eigenvalue weighted by molar-refractivity contribution is 6.33. The van der Waals surface area contributed by atoms with Crippen molar-refractivity contribution in [3.8, 4) is 11.1 Å². The van der Waals surface area contributed by atoms with Crippen LogP contribution >= 0.6 is 11.6 Å². The average Bonchev–Trinajstić information content (AvgIpc) is 2.98. The topological polar surface area (TPSA) is 90.9 Å². The van der Waals surface area contributed by atoms with Crippen molar-refractivity contribution in [1.82, 2.24) is 15.5 Å². The van der Waals surface area contributed by atoms with Crippen LogP contribution in [0.15, 0.2) is 60.7 Å². The van der Waals surface area contributed by atoms with Crippen LogP contribution in [0.1, 0.15) is 52.7 Å². The maximum Gasteiger partial charge on any atom is 0.406 e. The molecule has 3 aromatic rings. The Labute approximate surface area is 252 Å². The summed E-state index contributed by atoms with van der Waals surface area (Å²) in [5.74, 6) is -0.807. The van der Waals surface area contributed by atoms with Crippen LogP contribution in [0.4, 0.5) is 9.18 Å². The number of hydrogen-bond acceptors (Lipinski definition) is 5. The van der Waals surface area contributed by atoms with Crippen molar-refractivity contribution in [2.75, 3.05) is 33.8 Å². The maximum atomic E-state index is 14.5. The van der Waals surface area contributed by atoms with E-state index in [1.54, 1.807) is 17.0 Å². The lowest BCUT2D eigenvalue weighted by atomic mass is 9.72. The Morgan fingerprint density at radius 2 is 1.93 bits per heavy atom. The minimum atomic E-state index is -1.42. The largest absolute Gasteiger partial charge is 0.453 e. The number of carbonyl (C=O) groups is 2. The summed E-state index contributed by atoms with van der Waals surface area (Å²) in [6.07, 6.45) is 1.57. The van der Waals surface area contributed by atoms with Crippen LogP contribution in [-0.2, 0) is 16.9 Å². The molecule has 3 N–H and O–H groups in total. The van der Waals surface area contributed by atoms with E-state index in [0.29, 0.717) is 66.2 Å². The molecule has 1 fully saturated rings. The fourth-order valence-electron chi connectivity index (χ4n) is 5.94. The van der Waals surface area contributed by atoms with E-state index in [9.17, 15) is 19.1 Å². The lowest BCUT2D eigenvalue weighted by molar-refractivity contribution is -0.0563. The summed E-state index contributed by atoms with van der Waals surface area (Å²) in [5.41, 5.74) is 2.71. The highest BCUT2D eigenvalue weighted by Crippen LogP contribution is 2.46. The second-order valence-corrected chi connectivity index (χ2v) is 11.4. The predicted octanol–water partition coefficient (Wildman–Crippen LogP) is 6.05. The van der Waals surface area contributed by atoms with Gasteiger partial charge in [0.15, 0.2) is 0 Å². The van der Waals surface area contributed by atoms with Gasteiger partial charge in [-0.1, -0.05) is 41.9 Å². The number of benzene rings is 3. The summed E-state index contributed by atoms with van der Waals surface area (Å²) in [6.45, 7) is 3.73.